The van der Waals surface area contributed by atoms with E-state index in [0.29, 0.717) is 12.5 Å². The highest BCUT2D eigenvalue weighted by molar-refractivity contribution is 5.74. The summed E-state index contributed by atoms with van der Waals surface area (Å²) in [5.74, 6) is 1.29. The Morgan fingerprint density at radius 3 is 2.71 bits per heavy atom. The largest absolute Gasteiger partial charge is 0.467 e. The van der Waals surface area contributed by atoms with Gasteiger partial charge < -0.3 is 19.5 Å². The van der Waals surface area contributed by atoms with Gasteiger partial charge in [0.15, 0.2) is 0 Å². The van der Waals surface area contributed by atoms with Crippen molar-refractivity contribution in [3.8, 4) is 0 Å². The van der Waals surface area contributed by atoms with Gasteiger partial charge in [-0.1, -0.05) is 30.3 Å². The van der Waals surface area contributed by atoms with E-state index in [1.165, 1.54) is 5.56 Å². The number of hydrogen-bond acceptors (Lipinski definition) is 4. The number of benzene rings is 1. The lowest BCUT2D eigenvalue weighted by molar-refractivity contribution is 0.162. The maximum absolute atomic E-state index is 12.7. The predicted molar refractivity (Wildman–Crippen MR) is 109 cm³/mol. The summed E-state index contributed by atoms with van der Waals surface area (Å²) in [6.07, 6.45) is 1.63. The number of amides is 2. The molecule has 6 heteroatoms. The Bertz CT molecular complexity index is 777. The number of fused-ring (bicyclic) bond motifs is 1. The van der Waals surface area contributed by atoms with Gasteiger partial charge in [0.05, 0.1) is 12.8 Å². The fourth-order valence-electron chi connectivity index (χ4n) is 4.95. The highest BCUT2D eigenvalue weighted by Gasteiger charge is 2.53. The lowest BCUT2D eigenvalue weighted by Gasteiger charge is -2.32. The standard InChI is InChI=1S/C22H30N4O2/c1-24(2)15-22-16-25(12-18-7-4-3-5-8-18)13-19(22)14-26(17-22)21(27)23-11-20-9-6-10-28-20/h3-10,19H,11-17H2,1-2H3,(H,23,27)/t19-,22+/m1/s1. The predicted octanol–water partition coefficient (Wildman–Crippen LogP) is 2.48. The third-order valence-corrected chi connectivity index (χ3v) is 5.99. The Morgan fingerprint density at radius 1 is 1.18 bits per heavy atom. The molecule has 2 aliphatic heterocycles. The molecule has 0 aliphatic carbocycles. The number of carbonyl (C=O) groups excluding carboxylic acids is 1. The van der Waals surface area contributed by atoms with Crippen molar-refractivity contribution in [1.82, 2.24) is 20.0 Å². The van der Waals surface area contributed by atoms with Crippen LogP contribution in [0.3, 0.4) is 0 Å². The van der Waals surface area contributed by atoms with Gasteiger partial charge in [0.25, 0.3) is 0 Å². The number of furan rings is 1. The number of carbonyl (C=O) groups is 1. The monoisotopic (exact) mass is 382 g/mol. The van der Waals surface area contributed by atoms with Crippen molar-refractivity contribution in [2.45, 2.75) is 13.1 Å². The Kier molecular flexibility index (Phi) is 5.42. The van der Waals surface area contributed by atoms with Crippen LogP contribution in [-0.4, -0.2) is 67.5 Å². The topological polar surface area (TPSA) is 52.0 Å². The molecule has 0 bridgehead atoms. The molecule has 4 rings (SSSR count). The van der Waals surface area contributed by atoms with Gasteiger partial charge in [0.2, 0.25) is 0 Å². The molecule has 2 aromatic rings. The van der Waals surface area contributed by atoms with Gasteiger partial charge in [0, 0.05) is 44.7 Å². The van der Waals surface area contributed by atoms with Gasteiger partial charge in [-0.2, -0.15) is 0 Å². The minimum atomic E-state index is 0.0125. The second-order valence-corrected chi connectivity index (χ2v) is 8.57. The number of likely N-dealkylation sites (tertiary alicyclic amines) is 2. The van der Waals surface area contributed by atoms with Gasteiger partial charge in [0.1, 0.15) is 5.76 Å². The molecular formula is C22H30N4O2. The van der Waals surface area contributed by atoms with E-state index < -0.39 is 0 Å². The van der Waals surface area contributed by atoms with Crippen LogP contribution in [0.25, 0.3) is 0 Å². The maximum atomic E-state index is 12.7. The molecule has 28 heavy (non-hydrogen) atoms. The first kappa shape index (κ1) is 19.0. The fourth-order valence-corrected chi connectivity index (χ4v) is 4.95. The lowest BCUT2D eigenvalue weighted by atomic mass is 9.80. The molecule has 0 saturated carbocycles. The molecule has 1 aromatic heterocycles. The molecule has 0 unspecified atom stereocenters. The van der Waals surface area contributed by atoms with Crippen LogP contribution in [-0.2, 0) is 13.1 Å². The number of rotatable bonds is 6. The number of hydrogen-bond donors (Lipinski definition) is 1. The van der Waals surface area contributed by atoms with Crippen LogP contribution >= 0.6 is 0 Å². The Balaban J connectivity index is 1.40. The van der Waals surface area contributed by atoms with E-state index in [2.05, 4.69) is 59.5 Å². The normalized spacial score (nSPS) is 24.7. The van der Waals surface area contributed by atoms with Gasteiger partial charge in [-0.05, 0) is 37.7 Å². The summed E-state index contributed by atoms with van der Waals surface area (Å²) in [5, 5.41) is 3.00. The van der Waals surface area contributed by atoms with Crippen LogP contribution in [0.2, 0.25) is 0 Å². The Hall–Kier alpha value is -2.31. The summed E-state index contributed by atoms with van der Waals surface area (Å²) in [7, 11) is 4.26. The molecular weight excluding hydrogens is 352 g/mol. The number of nitrogens with one attached hydrogen (secondary N) is 1. The van der Waals surface area contributed by atoms with E-state index in [1.54, 1.807) is 6.26 Å². The molecule has 2 fully saturated rings. The summed E-state index contributed by atoms with van der Waals surface area (Å²) in [4.78, 5) is 19.5. The van der Waals surface area contributed by atoms with E-state index in [0.717, 1.165) is 45.0 Å². The lowest BCUT2D eigenvalue weighted by Crippen LogP contribution is -2.44. The van der Waals surface area contributed by atoms with Gasteiger partial charge >= 0.3 is 6.03 Å². The summed E-state index contributed by atoms with van der Waals surface area (Å²) in [5.41, 5.74) is 1.50. The van der Waals surface area contributed by atoms with Crippen LogP contribution in [0, 0.1) is 11.3 Å². The van der Waals surface area contributed by atoms with E-state index in [1.807, 2.05) is 17.0 Å². The first-order valence-electron chi connectivity index (χ1n) is 10.0. The molecule has 150 valence electrons. The average Bonchev–Trinajstić information content (AvgIpc) is 3.35. The molecule has 0 spiro atoms. The molecule has 2 amide bonds. The molecule has 2 atom stereocenters. The quantitative estimate of drug-likeness (QED) is 0.834. The molecule has 0 radical (unpaired) electrons. The minimum Gasteiger partial charge on any atom is -0.467 e. The third kappa shape index (κ3) is 4.08. The van der Waals surface area contributed by atoms with E-state index in [-0.39, 0.29) is 11.4 Å². The van der Waals surface area contributed by atoms with Crippen molar-refractivity contribution in [3.63, 3.8) is 0 Å². The smallest absolute Gasteiger partial charge is 0.317 e. The molecule has 6 nitrogen and oxygen atoms in total. The SMILES string of the molecule is CN(C)C[C@@]12CN(Cc3ccccc3)C[C@@H]1CN(C(=O)NCc1ccco1)C2. The van der Waals surface area contributed by atoms with Crippen LogP contribution in [0.15, 0.2) is 53.1 Å². The van der Waals surface area contributed by atoms with Crippen LogP contribution in [0.1, 0.15) is 11.3 Å². The van der Waals surface area contributed by atoms with Crippen molar-refractivity contribution < 1.29 is 9.21 Å². The average molecular weight is 383 g/mol. The highest BCUT2D eigenvalue weighted by atomic mass is 16.3. The van der Waals surface area contributed by atoms with E-state index >= 15 is 0 Å². The molecule has 2 aliphatic rings. The molecule has 1 aromatic carbocycles. The Labute approximate surface area is 167 Å². The van der Waals surface area contributed by atoms with Crippen molar-refractivity contribution in [1.29, 1.82) is 0 Å². The van der Waals surface area contributed by atoms with Crippen molar-refractivity contribution in [3.05, 3.63) is 60.1 Å². The molecule has 1 N–H and O–H groups in total. The molecule has 3 heterocycles. The van der Waals surface area contributed by atoms with E-state index in [4.69, 9.17) is 4.42 Å². The zero-order valence-electron chi connectivity index (χ0n) is 16.8. The van der Waals surface area contributed by atoms with Crippen molar-refractivity contribution in [2.75, 3.05) is 46.8 Å². The summed E-state index contributed by atoms with van der Waals surface area (Å²) in [6, 6.07) is 14.4. The highest BCUT2D eigenvalue weighted by Crippen LogP contribution is 2.43. The van der Waals surface area contributed by atoms with Gasteiger partial charge in [-0.15, -0.1) is 0 Å². The summed E-state index contributed by atoms with van der Waals surface area (Å²) >= 11 is 0. The van der Waals surface area contributed by atoms with Gasteiger partial charge in [-0.3, -0.25) is 4.90 Å². The fraction of sp³-hybridized carbons (Fsp3) is 0.500. The first-order valence-corrected chi connectivity index (χ1v) is 10.0. The van der Waals surface area contributed by atoms with Crippen LogP contribution in [0.4, 0.5) is 4.79 Å². The molecule has 2 saturated heterocycles. The number of urea groups is 1. The third-order valence-electron chi connectivity index (χ3n) is 5.99. The summed E-state index contributed by atoms with van der Waals surface area (Å²) < 4.78 is 5.32. The van der Waals surface area contributed by atoms with Crippen LogP contribution in [0.5, 0.6) is 0 Å². The first-order chi connectivity index (χ1) is 13.5. The van der Waals surface area contributed by atoms with E-state index in [9.17, 15) is 4.79 Å². The minimum absolute atomic E-state index is 0.0125. The maximum Gasteiger partial charge on any atom is 0.317 e. The number of nitrogens with zero attached hydrogens (tertiary/aromatic N) is 3. The Morgan fingerprint density at radius 2 is 2.00 bits per heavy atom. The zero-order chi connectivity index (χ0) is 19.6. The zero-order valence-corrected chi connectivity index (χ0v) is 16.8. The summed E-state index contributed by atoms with van der Waals surface area (Å²) in [6.45, 7) is 6.14. The second kappa shape index (κ2) is 7.97. The van der Waals surface area contributed by atoms with Crippen molar-refractivity contribution in [2.24, 2.45) is 11.3 Å². The van der Waals surface area contributed by atoms with Crippen molar-refractivity contribution >= 4 is 6.03 Å². The second-order valence-electron chi connectivity index (χ2n) is 8.57. The van der Waals surface area contributed by atoms with Gasteiger partial charge in [-0.25, -0.2) is 4.79 Å². The van der Waals surface area contributed by atoms with Crippen LogP contribution < -0.4 is 5.32 Å².